The SMILES string of the molecule is CN(CCC(N)=S)C(=O)COCc1ccco1. The highest BCUT2D eigenvalue weighted by Gasteiger charge is 2.09. The van der Waals surface area contributed by atoms with Crippen molar-refractivity contribution >= 4 is 23.1 Å². The van der Waals surface area contributed by atoms with Gasteiger partial charge in [0.05, 0.1) is 11.3 Å². The fourth-order valence-corrected chi connectivity index (χ4v) is 1.24. The molecule has 17 heavy (non-hydrogen) atoms. The molecule has 0 atom stereocenters. The maximum atomic E-state index is 11.6. The Morgan fingerprint density at radius 1 is 1.65 bits per heavy atom. The van der Waals surface area contributed by atoms with Gasteiger partial charge in [-0.2, -0.15) is 0 Å². The lowest BCUT2D eigenvalue weighted by atomic mass is 10.4. The molecular formula is C11H16N2O3S. The molecule has 0 radical (unpaired) electrons. The molecule has 0 spiro atoms. The number of amides is 1. The van der Waals surface area contributed by atoms with Gasteiger partial charge in [0, 0.05) is 20.0 Å². The van der Waals surface area contributed by atoms with E-state index in [1.165, 1.54) is 0 Å². The molecule has 1 aromatic rings. The molecular weight excluding hydrogens is 240 g/mol. The lowest BCUT2D eigenvalue weighted by Crippen LogP contribution is -2.32. The zero-order valence-electron chi connectivity index (χ0n) is 9.72. The molecule has 5 nitrogen and oxygen atoms in total. The fourth-order valence-electron chi connectivity index (χ4n) is 1.15. The number of furan rings is 1. The number of hydrogen-bond donors (Lipinski definition) is 1. The first-order valence-electron chi connectivity index (χ1n) is 5.22. The average Bonchev–Trinajstić information content (AvgIpc) is 2.78. The lowest BCUT2D eigenvalue weighted by molar-refractivity contribution is -0.135. The highest BCUT2D eigenvalue weighted by atomic mass is 32.1. The van der Waals surface area contributed by atoms with Crippen LogP contribution in [0.2, 0.25) is 0 Å². The Bertz CT molecular complexity index is 365. The van der Waals surface area contributed by atoms with E-state index in [2.05, 4.69) is 0 Å². The van der Waals surface area contributed by atoms with Crippen LogP contribution in [0.3, 0.4) is 0 Å². The highest BCUT2D eigenvalue weighted by Crippen LogP contribution is 2.01. The van der Waals surface area contributed by atoms with Crippen molar-refractivity contribution in [3.05, 3.63) is 24.2 Å². The quantitative estimate of drug-likeness (QED) is 0.735. The summed E-state index contributed by atoms with van der Waals surface area (Å²) in [6.45, 7) is 0.828. The van der Waals surface area contributed by atoms with Gasteiger partial charge < -0.3 is 19.8 Å². The van der Waals surface area contributed by atoms with Crippen molar-refractivity contribution in [3.8, 4) is 0 Å². The number of rotatable bonds is 7. The van der Waals surface area contributed by atoms with Crippen LogP contribution in [-0.4, -0.2) is 36.0 Å². The molecule has 0 saturated heterocycles. The van der Waals surface area contributed by atoms with Crippen LogP contribution >= 0.6 is 12.2 Å². The molecule has 0 aliphatic rings. The first-order chi connectivity index (χ1) is 8.09. The Morgan fingerprint density at radius 3 is 3.00 bits per heavy atom. The Kier molecular flexibility index (Phi) is 5.65. The number of likely N-dealkylation sites (N-methyl/N-ethyl adjacent to an activating group) is 1. The summed E-state index contributed by atoms with van der Waals surface area (Å²) in [7, 11) is 1.69. The summed E-state index contributed by atoms with van der Waals surface area (Å²) >= 11 is 4.74. The topological polar surface area (TPSA) is 68.7 Å². The molecule has 1 amide bonds. The third-order valence-electron chi connectivity index (χ3n) is 2.17. The van der Waals surface area contributed by atoms with Gasteiger partial charge in [-0.05, 0) is 12.1 Å². The van der Waals surface area contributed by atoms with Crippen molar-refractivity contribution in [2.24, 2.45) is 5.73 Å². The number of nitrogens with two attached hydrogens (primary N) is 1. The minimum absolute atomic E-state index is 0.0224. The van der Waals surface area contributed by atoms with Gasteiger partial charge in [0.1, 0.15) is 19.0 Å². The third-order valence-corrected chi connectivity index (χ3v) is 2.37. The first kappa shape index (κ1) is 13.7. The smallest absolute Gasteiger partial charge is 0.248 e. The Morgan fingerprint density at radius 2 is 2.41 bits per heavy atom. The van der Waals surface area contributed by atoms with E-state index in [0.29, 0.717) is 30.3 Å². The largest absolute Gasteiger partial charge is 0.467 e. The molecule has 0 saturated carbocycles. The second-order valence-corrected chi connectivity index (χ2v) is 4.13. The van der Waals surface area contributed by atoms with Crippen molar-refractivity contribution in [2.75, 3.05) is 20.2 Å². The number of hydrogen-bond acceptors (Lipinski definition) is 4. The van der Waals surface area contributed by atoms with E-state index in [9.17, 15) is 4.79 Å². The Hall–Kier alpha value is -1.40. The zero-order chi connectivity index (χ0) is 12.7. The molecule has 1 heterocycles. The van der Waals surface area contributed by atoms with E-state index in [0.717, 1.165) is 0 Å². The lowest BCUT2D eigenvalue weighted by Gasteiger charge is -2.16. The highest BCUT2D eigenvalue weighted by molar-refractivity contribution is 7.80. The van der Waals surface area contributed by atoms with Crippen molar-refractivity contribution in [3.63, 3.8) is 0 Å². The predicted octanol–water partition coefficient (Wildman–Crippen LogP) is 0.931. The first-order valence-corrected chi connectivity index (χ1v) is 5.63. The molecule has 6 heteroatoms. The summed E-state index contributed by atoms with van der Waals surface area (Å²) in [5.74, 6) is 0.594. The summed E-state index contributed by atoms with van der Waals surface area (Å²) in [6, 6.07) is 3.57. The van der Waals surface area contributed by atoms with Crippen LogP contribution in [0.4, 0.5) is 0 Å². The van der Waals surface area contributed by atoms with Crippen LogP contribution in [0, 0.1) is 0 Å². The molecule has 1 rings (SSSR count). The molecule has 0 aromatic carbocycles. The number of nitrogens with zero attached hydrogens (tertiary/aromatic N) is 1. The zero-order valence-corrected chi connectivity index (χ0v) is 10.5. The van der Waals surface area contributed by atoms with Crippen LogP contribution in [0.5, 0.6) is 0 Å². The van der Waals surface area contributed by atoms with Gasteiger partial charge >= 0.3 is 0 Å². The summed E-state index contributed by atoms with van der Waals surface area (Å²) in [5.41, 5.74) is 5.36. The summed E-state index contributed by atoms with van der Waals surface area (Å²) in [4.78, 5) is 13.5. The van der Waals surface area contributed by atoms with Gasteiger partial charge in [-0.15, -0.1) is 0 Å². The van der Waals surface area contributed by atoms with Gasteiger partial charge in [-0.1, -0.05) is 12.2 Å². The van der Waals surface area contributed by atoms with Gasteiger partial charge in [-0.25, -0.2) is 0 Å². The number of carbonyl (C=O) groups is 1. The van der Waals surface area contributed by atoms with Crippen LogP contribution in [-0.2, 0) is 16.1 Å². The van der Waals surface area contributed by atoms with E-state index in [1.807, 2.05) is 0 Å². The summed E-state index contributed by atoms with van der Waals surface area (Å²) in [6.07, 6.45) is 2.09. The van der Waals surface area contributed by atoms with E-state index in [1.54, 1.807) is 30.3 Å². The standard InChI is InChI=1S/C11H16N2O3S/c1-13(5-4-10(12)17)11(14)8-15-7-9-3-2-6-16-9/h2-3,6H,4-5,7-8H2,1H3,(H2,12,17). The Balaban J connectivity index is 2.17. The van der Waals surface area contributed by atoms with Crippen molar-refractivity contribution in [1.29, 1.82) is 0 Å². The molecule has 0 aliphatic heterocycles. The Labute approximate surface area is 106 Å². The monoisotopic (exact) mass is 256 g/mol. The molecule has 2 N–H and O–H groups in total. The maximum absolute atomic E-state index is 11.6. The van der Waals surface area contributed by atoms with E-state index < -0.39 is 0 Å². The van der Waals surface area contributed by atoms with E-state index >= 15 is 0 Å². The van der Waals surface area contributed by atoms with Crippen LogP contribution in [0.25, 0.3) is 0 Å². The van der Waals surface area contributed by atoms with Crippen molar-refractivity contribution < 1.29 is 13.9 Å². The molecule has 0 fully saturated rings. The maximum Gasteiger partial charge on any atom is 0.248 e. The second kappa shape index (κ2) is 7.03. The third kappa shape index (κ3) is 5.46. The molecule has 0 aliphatic carbocycles. The predicted molar refractivity (Wildman–Crippen MR) is 67.4 cm³/mol. The molecule has 1 aromatic heterocycles. The van der Waals surface area contributed by atoms with Crippen LogP contribution in [0.15, 0.2) is 22.8 Å². The molecule has 94 valence electrons. The van der Waals surface area contributed by atoms with Gasteiger partial charge in [0.25, 0.3) is 0 Å². The minimum atomic E-state index is -0.104. The number of ether oxygens (including phenoxy) is 1. The van der Waals surface area contributed by atoms with Crippen molar-refractivity contribution in [2.45, 2.75) is 13.0 Å². The van der Waals surface area contributed by atoms with Gasteiger partial charge in [0.15, 0.2) is 0 Å². The van der Waals surface area contributed by atoms with E-state index in [-0.39, 0.29) is 12.5 Å². The summed E-state index contributed by atoms with van der Waals surface area (Å²) in [5, 5.41) is 0. The molecule has 0 bridgehead atoms. The van der Waals surface area contributed by atoms with Crippen LogP contribution in [0.1, 0.15) is 12.2 Å². The van der Waals surface area contributed by atoms with Crippen molar-refractivity contribution in [1.82, 2.24) is 4.90 Å². The fraction of sp³-hybridized carbons (Fsp3) is 0.455. The average molecular weight is 256 g/mol. The number of thiocarbonyl (C=S) groups is 1. The minimum Gasteiger partial charge on any atom is -0.467 e. The number of carbonyl (C=O) groups excluding carboxylic acids is 1. The van der Waals surface area contributed by atoms with E-state index in [4.69, 9.17) is 27.1 Å². The van der Waals surface area contributed by atoms with Gasteiger partial charge in [-0.3, -0.25) is 4.79 Å². The van der Waals surface area contributed by atoms with Gasteiger partial charge in [0.2, 0.25) is 5.91 Å². The molecule has 0 unspecified atom stereocenters. The van der Waals surface area contributed by atoms with Crippen LogP contribution < -0.4 is 5.73 Å². The second-order valence-electron chi connectivity index (χ2n) is 3.60. The summed E-state index contributed by atoms with van der Waals surface area (Å²) < 4.78 is 10.3. The normalized spacial score (nSPS) is 10.2.